The van der Waals surface area contributed by atoms with Gasteiger partial charge in [-0.3, -0.25) is 5.32 Å². The van der Waals surface area contributed by atoms with Crippen molar-refractivity contribution in [3.63, 3.8) is 0 Å². The monoisotopic (exact) mass is 139 g/mol. The minimum atomic E-state index is -0.681. The van der Waals surface area contributed by atoms with E-state index in [-0.39, 0.29) is 12.4 Å². The molecule has 0 aromatic rings. The Morgan fingerprint density at radius 2 is 2.00 bits per heavy atom. The summed E-state index contributed by atoms with van der Waals surface area (Å²) in [5.41, 5.74) is 0. The Morgan fingerprint density at radius 1 is 1.38 bits per heavy atom. The van der Waals surface area contributed by atoms with E-state index in [0.29, 0.717) is 6.42 Å². The van der Waals surface area contributed by atoms with Crippen LogP contribution in [0.25, 0.3) is 0 Å². The summed E-state index contributed by atoms with van der Waals surface area (Å²) in [7, 11) is 0. The van der Waals surface area contributed by atoms with Gasteiger partial charge in [0.15, 0.2) is 0 Å². The van der Waals surface area contributed by atoms with Crippen LogP contribution < -0.4 is 5.32 Å². The number of aliphatic hydroxyl groups excluding tert-OH is 2. The molecule has 4 heteroatoms. The van der Waals surface area contributed by atoms with E-state index in [2.05, 4.69) is 5.32 Å². The van der Waals surface area contributed by atoms with Crippen molar-refractivity contribution in [2.24, 2.45) is 0 Å². The first-order valence-electron chi connectivity index (χ1n) is 2.40. The van der Waals surface area contributed by atoms with Crippen molar-refractivity contribution in [2.75, 3.05) is 6.54 Å². The molecule has 1 heterocycles. The first-order chi connectivity index (χ1) is 3.30. The zero-order valence-electron chi connectivity index (χ0n) is 4.37. The lowest BCUT2D eigenvalue weighted by molar-refractivity contribution is 0.0318. The second-order valence-electron chi connectivity index (χ2n) is 1.75. The summed E-state index contributed by atoms with van der Waals surface area (Å²) in [5, 5.41) is 20.0. The maximum atomic E-state index is 8.69. The maximum Gasteiger partial charge on any atom is 0.131 e. The SMILES string of the molecule is Cl.OC1CCN[C@H]1O. The van der Waals surface area contributed by atoms with E-state index >= 15 is 0 Å². The normalized spacial score (nSPS) is 36.8. The molecule has 0 aromatic carbocycles. The zero-order valence-corrected chi connectivity index (χ0v) is 5.19. The van der Waals surface area contributed by atoms with Gasteiger partial charge in [-0.1, -0.05) is 0 Å². The molecule has 0 aromatic heterocycles. The molecule has 0 amide bonds. The smallest absolute Gasteiger partial charge is 0.131 e. The summed E-state index contributed by atoms with van der Waals surface area (Å²) in [6.45, 7) is 0.725. The maximum absolute atomic E-state index is 8.69. The summed E-state index contributed by atoms with van der Waals surface area (Å²) in [5.74, 6) is 0. The fourth-order valence-electron chi connectivity index (χ4n) is 0.673. The van der Waals surface area contributed by atoms with E-state index in [1.807, 2.05) is 0 Å². The van der Waals surface area contributed by atoms with Crippen molar-refractivity contribution in [1.82, 2.24) is 5.32 Å². The van der Waals surface area contributed by atoms with Crippen LogP contribution in [-0.2, 0) is 0 Å². The minimum Gasteiger partial charge on any atom is -0.389 e. The van der Waals surface area contributed by atoms with Gasteiger partial charge in [0.2, 0.25) is 0 Å². The van der Waals surface area contributed by atoms with E-state index in [0.717, 1.165) is 6.54 Å². The predicted octanol–water partition coefficient (Wildman–Crippen LogP) is -0.919. The Hall–Kier alpha value is 0.170. The van der Waals surface area contributed by atoms with Crippen LogP contribution in [0.1, 0.15) is 6.42 Å². The second-order valence-corrected chi connectivity index (χ2v) is 1.75. The highest BCUT2D eigenvalue weighted by atomic mass is 35.5. The van der Waals surface area contributed by atoms with Gasteiger partial charge < -0.3 is 10.2 Å². The van der Waals surface area contributed by atoms with Crippen LogP contribution in [0, 0.1) is 0 Å². The van der Waals surface area contributed by atoms with Gasteiger partial charge in [-0.15, -0.1) is 12.4 Å². The van der Waals surface area contributed by atoms with Crippen LogP contribution in [0.4, 0.5) is 0 Å². The minimum absolute atomic E-state index is 0. The van der Waals surface area contributed by atoms with Gasteiger partial charge in [0.05, 0.1) is 6.10 Å². The van der Waals surface area contributed by atoms with Crippen molar-refractivity contribution in [3.8, 4) is 0 Å². The number of hydrogen-bond acceptors (Lipinski definition) is 3. The van der Waals surface area contributed by atoms with Crippen LogP contribution in [0.15, 0.2) is 0 Å². The van der Waals surface area contributed by atoms with Crippen molar-refractivity contribution in [3.05, 3.63) is 0 Å². The molecule has 0 radical (unpaired) electrons. The molecule has 1 unspecified atom stereocenters. The van der Waals surface area contributed by atoms with Gasteiger partial charge in [0.1, 0.15) is 6.23 Å². The second kappa shape index (κ2) is 3.25. The quantitative estimate of drug-likeness (QED) is 0.407. The van der Waals surface area contributed by atoms with E-state index in [9.17, 15) is 0 Å². The molecule has 0 bridgehead atoms. The molecule has 1 aliphatic rings. The molecular weight excluding hydrogens is 130 g/mol. The Balaban J connectivity index is 0.000000490. The first-order valence-corrected chi connectivity index (χ1v) is 2.40. The topological polar surface area (TPSA) is 52.5 Å². The molecule has 8 heavy (non-hydrogen) atoms. The Labute approximate surface area is 54.1 Å². The van der Waals surface area contributed by atoms with Gasteiger partial charge in [-0.05, 0) is 6.42 Å². The molecule has 1 saturated heterocycles. The third-order valence-electron chi connectivity index (χ3n) is 1.16. The molecule has 3 N–H and O–H groups in total. The van der Waals surface area contributed by atoms with Crippen molar-refractivity contribution < 1.29 is 10.2 Å². The number of halogens is 1. The molecule has 2 atom stereocenters. The van der Waals surface area contributed by atoms with E-state index < -0.39 is 12.3 Å². The standard InChI is InChI=1S/C4H9NO2.ClH/c6-3-1-2-5-4(3)7;/h3-7H,1-2H2;1H/t3?,4-;/m0./s1. The zero-order chi connectivity index (χ0) is 5.28. The highest BCUT2D eigenvalue weighted by Crippen LogP contribution is 2.01. The lowest BCUT2D eigenvalue weighted by Crippen LogP contribution is -2.28. The average molecular weight is 140 g/mol. The van der Waals surface area contributed by atoms with Crippen molar-refractivity contribution in [1.29, 1.82) is 0 Å². The Morgan fingerprint density at radius 3 is 2.12 bits per heavy atom. The molecule has 0 saturated carbocycles. The lowest BCUT2D eigenvalue weighted by atomic mass is 10.3. The summed E-state index contributed by atoms with van der Waals surface area (Å²) < 4.78 is 0. The summed E-state index contributed by atoms with van der Waals surface area (Å²) in [4.78, 5) is 0. The fraction of sp³-hybridized carbons (Fsp3) is 1.00. The van der Waals surface area contributed by atoms with Crippen LogP contribution in [0.5, 0.6) is 0 Å². The van der Waals surface area contributed by atoms with Gasteiger partial charge in [0, 0.05) is 6.54 Å². The number of rotatable bonds is 0. The lowest BCUT2D eigenvalue weighted by Gasteiger charge is -2.03. The molecule has 1 fully saturated rings. The number of aliphatic hydroxyl groups is 2. The summed E-state index contributed by atoms with van der Waals surface area (Å²) in [6.07, 6.45) is -0.554. The van der Waals surface area contributed by atoms with E-state index in [1.165, 1.54) is 0 Å². The van der Waals surface area contributed by atoms with Crippen LogP contribution >= 0.6 is 12.4 Å². The molecule has 0 spiro atoms. The highest BCUT2D eigenvalue weighted by Gasteiger charge is 2.20. The van der Waals surface area contributed by atoms with Gasteiger partial charge >= 0.3 is 0 Å². The molecule has 1 aliphatic heterocycles. The average Bonchev–Trinajstić information content (AvgIpc) is 1.91. The number of nitrogens with one attached hydrogen (secondary N) is 1. The number of hydrogen-bond donors (Lipinski definition) is 3. The molecule has 1 rings (SSSR count). The summed E-state index contributed by atoms with van der Waals surface area (Å²) >= 11 is 0. The summed E-state index contributed by atoms with van der Waals surface area (Å²) in [6, 6.07) is 0. The van der Waals surface area contributed by atoms with Crippen molar-refractivity contribution >= 4 is 12.4 Å². The Bertz CT molecular complexity index is 63.1. The van der Waals surface area contributed by atoms with E-state index in [4.69, 9.17) is 10.2 Å². The Kier molecular flexibility index (Phi) is 3.31. The van der Waals surface area contributed by atoms with Crippen LogP contribution in [0.2, 0.25) is 0 Å². The van der Waals surface area contributed by atoms with E-state index in [1.54, 1.807) is 0 Å². The fourth-order valence-corrected chi connectivity index (χ4v) is 0.673. The molecule has 3 nitrogen and oxygen atoms in total. The predicted molar refractivity (Wildman–Crippen MR) is 31.9 cm³/mol. The van der Waals surface area contributed by atoms with Gasteiger partial charge in [-0.2, -0.15) is 0 Å². The van der Waals surface area contributed by atoms with Gasteiger partial charge in [0.25, 0.3) is 0 Å². The van der Waals surface area contributed by atoms with Crippen LogP contribution in [-0.4, -0.2) is 29.1 Å². The third-order valence-corrected chi connectivity index (χ3v) is 1.16. The van der Waals surface area contributed by atoms with Crippen LogP contribution in [0.3, 0.4) is 0 Å². The third kappa shape index (κ3) is 1.59. The highest BCUT2D eigenvalue weighted by molar-refractivity contribution is 5.85. The van der Waals surface area contributed by atoms with Crippen molar-refractivity contribution in [2.45, 2.75) is 18.8 Å². The molecule has 0 aliphatic carbocycles. The molecule has 50 valence electrons. The van der Waals surface area contributed by atoms with Gasteiger partial charge in [-0.25, -0.2) is 0 Å². The first kappa shape index (κ1) is 8.17. The molecular formula is C4H10ClNO2. The largest absolute Gasteiger partial charge is 0.389 e.